The van der Waals surface area contributed by atoms with Crippen LogP contribution in [-0.4, -0.2) is 30.9 Å². The lowest BCUT2D eigenvalue weighted by atomic mass is 10.1. The zero-order chi connectivity index (χ0) is 14.5. The van der Waals surface area contributed by atoms with Crippen molar-refractivity contribution in [2.45, 2.75) is 32.2 Å². The Bertz CT molecular complexity index is 505. The van der Waals surface area contributed by atoms with Crippen LogP contribution in [0.1, 0.15) is 36.5 Å². The molecule has 0 spiro atoms. The Balaban J connectivity index is 0.00000220. The molecule has 1 unspecified atom stereocenters. The molecule has 1 heterocycles. The van der Waals surface area contributed by atoms with Crippen molar-refractivity contribution in [3.05, 3.63) is 29.8 Å². The van der Waals surface area contributed by atoms with E-state index < -0.39 is 0 Å². The summed E-state index contributed by atoms with van der Waals surface area (Å²) in [5, 5.41) is 2.84. The molecule has 2 amide bonds. The fraction of sp³-hybridized carbons (Fsp3) is 0.467. The van der Waals surface area contributed by atoms with E-state index in [0.29, 0.717) is 18.5 Å². The summed E-state index contributed by atoms with van der Waals surface area (Å²) in [5.74, 6) is -0.00124. The molecule has 0 aromatic heterocycles. The molecule has 1 aliphatic heterocycles. The number of hydrogen-bond donors (Lipinski definition) is 2. The van der Waals surface area contributed by atoms with Gasteiger partial charge in [-0.15, -0.1) is 12.4 Å². The zero-order valence-corrected chi connectivity index (χ0v) is 13.0. The minimum atomic E-state index is -0.126. The third kappa shape index (κ3) is 4.72. The minimum Gasteiger partial charge on any atom is -0.352 e. The number of anilines is 1. The molecule has 1 saturated heterocycles. The molecule has 0 radical (unpaired) electrons. The van der Waals surface area contributed by atoms with Crippen LogP contribution in [0.5, 0.6) is 0 Å². The standard InChI is InChI=1S/C15H21N3O2.ClH/c1-11(16)7-8-17-15(20)12-4-2-5-13(10-12)18-9-3-6-14(18)19;/h2,4-5,10-11H,3,6-9,16H2,1H3,(H,17,20);1H. The highest BCUT2D eigenvalue weighted by Crippen LogP contribution is 2.22. The number of amides is 2. The molecule has 6 heteroatoms. The molecular formula is C15H22ClN3O2. The summed E-state index contributed by atoms with van der Waals surface area (Å²) < 4.78 is 0. The van der Waals surface area contributed by atoms with Crippen LogP contribution < -0.4 is 16.0 Å². The molecule has 2 rings (SSSR count). The van der Waals surface area contributed by atoms with Crippen molar-refractivity contribution in [2.24, 2.45) is 5.73 Å². The summed E-state index contributed by atoms with van der Waals surface area (Å²) >= 11 is 0. The monoisotopic (exact) mass is 311 g/mol. The first kappa shape index (κ1) is 17.5. The van der Waals surface area contributed by atoms with E-state index in [9.17, 15) is 9.59 Å². The molecule has 0 aliphatic carbocycles. The number of halogens is 1. The maximum Gasteiger partial charge on any atom is 0.251 e. The van der Waals surface area contributed by atoms with Crippen LogP contribution in [0.2, 0.25) is 0 Å². The number of carbonyl (C=O) groups excluding carboxylic acids is 2. The van der Waals surface area contributed by atoms with Crippen molar-refractivity contribution >= 4 is 29.9 Å². The normalized spacial score (nSPS) is 15.5. The van der Waals surface area contributed by atoms with Crippen molar-refractivity contribution in [1.29, 1.82) is 0 Å². The smallest absolute Gasteiger partial charge is 0.251 e. The van der Waals surface area contributed by atoms with Crippen molar-refractivity contribution in [3.63, 3.8) is 0 Å². The molecule has 1 aromatic rings. The Morgan fingerprint density at radius 2 is 2.24 bits per heavy atom. The average Bonchev–Trinajstić information content (AvgIpc) is 2.84. The zero-order valence-electron chi connectivity index (χ0n) is 12.2. The third-order valence-electron chi connectivity index (χ3n) is 3.38. The highest BCUT2D eigenvalue weighted by molar-refractivity contribution is 5.99. The fourth-order valence-corrected chi connectivity index (χ4v) is 2.25. The first-order chi connectivity index (χ1) is 9.58. The van der Waals surface area contributed by atoms with E-state index in [0.717, 1.165) is 25.1 Å². The molecule has 3 N–H and O–H groups in total. The first-order valence-electron chi connectivity index (χ1n) is 7.02. The summed E-state index contributed by atoms with van der Waals surface area (Å²) in [6.45, 7) is 3.20. The molecule has 1 aromatic carbocycles. The van der Waals surface area contributed by atoms with Gasteiger partial charge >= 0.3 is 0 Å². The van der Waals surface area contributed by atoms with Crippen molar-refractivity contribution in [1.82, 2.24) is 5.32 Å². The van der Waals surface area contributed by atoms with E-state index in [4.69, 9.17) is 5.73 Å². The number of nitrogens with one attached hydrogen (secondary N) is 1. The summed E-state index contributed by atoms with van der Waals surface area (Å²) in [5.41, 5.74) is 7.02. The van der Waals surface area contributed by atoms with Crippen LogP contribution in [0, 0.1) is 0 Å². The lowest BCUT2D eigenvalue weighted by Gasteiger charge is -2.16. The van der Waals surface area contributed by atoms with Crippen LogP contribution in [0.3, 0.4) is 0 Å². The second-order valence-electron chi connectivity index (χ2n) is 5.22. The van der Waals surface area contributed by atoms with Gasteiger partial charge in [-0.05, 0) is 38.0 Å². The van der Waals surface area contributed by atoms with Crippen molar-refractivity contribution in [2.75, 3.05) is 18.0 Å². The Morgan fingerprint density at radius 3 is 2.86 bits per heavy atom. The van der Waals surface area contributed by atoms with Gasteiger partial charge in [0.2, 0.25) is 5.91 Å². The van der Waals surface area contributed by atoms with Gasteiger partial charge in [-0.3, -0.25) is 9.59 Å². The number of nitrogens with two attached hydrogens (primary N) is 1. The Kier molecular flexibility index (Phi) is 6.65. The maximum atomic E-state index is 12.0. The van der Waals surface area contributed by atoms with Crippen LogP contribution in [-0.2, 0) is 4.79 Å². The Labute approximate surface area is 131 Å². The summed E-state index contributed by atoms with van der Waals surface area (Å²) in [4.78, 5) is 25.5. The highest BCUT2D eigenvalue weighted by Gasteiger charge is 2.22. The highest BCUT2D eigenvalue weighted by atomic mass is 35.5. The number of carbonyl (C=O) groups is 2. The van der Waals surface area contributed by atoms with Gasteiger partial charge in [0.15, 0.2) is 0 Å². The van der Waals surface area contributed by atoms with Crippen LogP contribution in [0.15, 0.2) is 24.3 Å². The quantitative estimate of drug-likeness (QED) is 0.869. The Morgan fingerprint density at radius 1 is 1.48 bits per heavy atom. The molecule has 1 fully saturated rings. The lowest BCUT2D eigenvalue weighted by molar-refractivity contribution is -0.117. The van der Waals surface area contributed by atoms with Crippen LogP contribution >= 0.6 is 12.4 Å². The van der Waals surface area contributed by atoms with Crippen molar-refractivity contribution in [3.8, 4) is 0 Å². The molecule has 5 nitrogen and oxygen atoms in total. The van der Waals surface area contributed by atoms with Crippen molar-refractivity contribution < 1.29 is 9.59 Å². The predicted molar refractivity (Wildman–Crippen MR) is 85.9 cm³/mol. The molecule has 1 aliphatic rings. The molecule has 1 atom stereocenters. The number of rotatable bonds is 5. The largest absolute Gasteiger partial charge is 0.352 e. The van der Waals surface area contributed by atoms with E-state index in [-0.39, 0.29) is 30.3 Å². The van der Waals surface area contributed by atoms with Crippen LogP contribution in [0.4, 0.5) is 5.69 Å². The summed E-state index contributed by atoms with van der Waals surface area (Å²) in [7, 11) is 0. The van der Waals surface area contributed by atoms with E-state index in [1.54, 1.807) is 23.1 Å². The summed E-state index contributed by atoms with van der Waals surface area (Å²) in [6, 6.07) is 7.27. The second kappa shape index (κ2) is 8.00. The van der Waals surface area contributed by atoms with Gasteiger partial charge in [-0.1, -0.05) is 6.07 Å². The van der Waals surface area contributed by atoms with Gasteiger partial charge in [-0.25, -0.2) is 0 Å². The SMILES string of the molecule is CC(N)CCNC(=O)c1cccc(N2CCCC2=O)c1.Cl. The van der Waals surface area contributed by atoms with Gasteiger partial charge in [0, 0.05) is 36.8 Å². The number of benzene rings is 1. The molecule has 0 saturated carbocycles. The van der Waals surface area contributed by atoms with E-state index in [1.807, 2.05) is 13.0 Å². The van der Waals surface area contributed by atoms with Crippen LogP contribution in [0.25, 0.3) is 0 Å². The van der Waals surface area contributed by atoms with Gasteiger partial charge < -0.3 is 16.0 Å². The average molecular weight is 312 g/mol. The van der Waals surface area contributed by atoms with E-state index in [2.05, 4.69) is 5.32 Å². The molecular weight excluding hydrogens is 290 g/mol. The van der Waals surface area contributed by atoms with Gasteiger partial charge in [0.25, 0.3) is 5.91 Å². The maximum absolute atomic E-state index is 12.0. The fourth-order valence-electron chi connectivity index (χ4n) is 2.25. The van der Waals surface area contributed by atoms with Gasteiger partial charge in [0.05, 0.1) is 0 Å². The minimum absolute atomic E-state index is 0. The van der Waals surface area contributed by atoms with E-state index >= 15 is 0 Å². The predicted octanol–water partition coefficient (Wildman–Crippen LogP) is 1.70. The topological polar surface area (TPSA) is 75.4 Å². The summed E-state index contributed by atoms with van der Waals surface area (Å²) in [6.07, 6.45) is 2.21. The van der Waals surface area contributed by atoms with E-state index in [1.165, 1.54) is 0 Å². The second-order valence-corrected chi connectivity index (χ2v) is 5.22. The number of nitrogens with zero attached hydrogens (tertiary/aromatic N) is 1. The lowest BCUT2D eigenvalue weighted by Crippen LogP contribution is -2.29. The Hall–Kier alpha value is -1.59. The van der Waals surface area contributed by atoms with Gasteiger partial charge in [-0.2, -0.15) is 0 Å². The third-order valence-corrected chi connectivity index (χ3v) is 3.38. The molecule has 0 bridgehead atoms. The molecule has 21 heavy (non-hydrogen) atoms. The number of hydrogen-bond acceptors (Lipinski definition) is 3. The van der Waals surface area contributed by atoms with Gasteiger partial charge in [0.1, 0.15) is 0 Å². The first-order valence-corrected chi connectivity index (χ1v) is 7.02. The molecule has 116 valence electrons.